The van der Waals surface area contributed by atoms with E-state index in [4.69, 9.17) is 0 Å². The van der Waals surface area contributed by atoms with Crippen molar-refractivity contribution < 1.29 is 0 Å². The first-order valence-corrected chi connectivity index (χ1v) is 17.9. The Hall–Kier alpha value is -3.43. The second kappa shape index (κ2) is 12.0. The van der Waals surface area contributed by atoms with Crippen molar-refractivity contribution in [2.45, 2.75) is 0 Å². The Labute approximate surface area is 246 Å². The zero-order valence-corrected chi connectivity index (χ0v) is 25.6. The number of benzene rings is 6. The molecule has 6 aromatic rings. The van der Waals surface area contributed by atoms with E-state index in [-0.39, 0.29) is 0 Å². The molecule has 0 saturated heterocycles. The summed E-state index contributed by atoms with van der Waals surface area (Å²) in [6, 6.07) is 67.1. The van der Waals surface area contributed by atoms with Crippen LogP contribution in [0.1, 0.15) is 0 Å². The first-order valence-electron chi connectivity index (χ1n) is 13.5. The van der Waals surface area contributed by atoms with Crippen molar-refractivity contribution in [1.82, 2.24) is 0 Å². The second-order valence-corrected chi connectivity index (χ2v) is 18.9. The van der Waals surface area contributed by atoms with Gasteiger partial charge in [-0.3, -0.25) is 0 Å². The van der Waals surface area contributed by atoms with Gasteiger partial charge in [0.2, 0.25) is 0 Å². The van der Waals surface area contributed by atoms with Crippen LogP contribution in [0.3, 0.4) is 0 Å². The summed E-state index contributed by atoms with van der Waals surface area (Å²) in [5.41, 5.74) is 0. The van der Waals surface area contributed by atoms with E-state index >= 15 is 0 Å². The van der Waals surface area contributed by atoms with E-state index in [1.165, 1.54) is 35.7 Å². The van der Waals surface area contributed by atoms with Crippen molar-refractivity contribution >= 4 is 65.8 Å². The van der Waals surface area contributed by atoms with E-state index in [0.717, 1.165) is 0 Å². The zero-order chi connectivity index (χ0) is 27.3. The van der Waals surface area contributed by atoms with Gasteiger partial charge in [-0.05, 0) is 0 Å². The molecular weight excluding hydrogens is 585 g/mol. The molecule has 6 aromatic carbocycles. The van der Waals surface area contributed by atoms with Crippen molar-refractivity contribution in [2.24, 2.45) is 0 Å². The molecule has 0 aliphatic rings. The van der Waals surface area contributed by atoms with E-state index in [9.17, 15) is 0 Å². The Morgan fingerprint density at radius 1 is 0.275 bits per heavy atom. The first kappa shape index (κ1) is 26.8. The van der Waals surface area contributed by atoms with Gasteiger partial charge >= 0.3 is 248 Å². The molecule has 0 aromatic heterocycles. The summed E-state index contributed by atoms with van der Waals surface area (Å²) in [5.74, 6) is 0. The van der Waals surface area contributed by atoms with Gasteiger partial charge in [0, 0.05) is 0 Å². The van der Waals surface area contributed by atoms with Crippen LogP contribution in [0.5, 0.6) is 0 Å². The van der Waals surface area contributed by atoms with Crippen LogP contribution < -0.4 is 31.8 Å². The Morgan fingerprint density at radius 2 is 0.425 bits per heavy atom. The maximum absolute atomic E-state index is 3.87. The summed E-state index contributed by atoms with van der Waals surface area (Å²) < 4.78 is 1.42. The van der Waals surface area contributed by atoms with Crippen LogP contribution in [0.25, 0.3) is 0 Å². The Kier molecular flexibility index (Phi) is 8.02. The molecule has 0 atom stereocenters. The third-order valence-corrected chi connectivity index (χ3v) is 20.3. The van der Waals surface area contributed by atoms with E-state index in [2.05, 4.69) is 198 Å². The van der Waals surface area contributed by atoms with Gasteiger partial charge in [0.15, 0.2) is 0 Å². The molecule has 0 amide bonds. The first-order chi connectivity index (χ1) is 19.8. The van der Waals surface area contributed by atoms with E-state index in [1.54, 1.807) is 0 Å². The zero-order valence-electron chi connectivity index (χ0n) is 22.1. The molecule has 0 bridgehead atoms. The third kappa shape index (κ3) is 4.55. The molecule has 0 heterocycles. The van der Waals surface area contributed by atoms with Crippen molar-refractivity contribution in [3.8, 4) is 0 Å². The molecule has 40 heavy (non-hydrogen) atoms. The molecular formula is C37H30P2Se+2. The summed E-state index contributed by atoms with van der Waals surface area (Å²) in [4.78, 5) is 0. The van der Waals surface area contributed by atoms with Gasteiger partial charge < -0.3 is 0 Å². The molecule has 0 N–H and O–H groups in total. The van der Waals surface area contributed by atoms with Crippen LogP contribution in [0.4, 0.5) is 0 Å². The molecule has 6 rings (SSSR count). The Morgan fingerprint density at radius 3 is 0.575 bits per heavy atom. The second-order valence-electron chi connectivity index (χ2n) is 9.64. The predicted molar refractivity (Wildman–Crippen MR) is 181 cm³/mol. The van der Waals surface area contributed by atoms with Crippen molar-refractivity contribution in [1.29, 1.82) is 0 Å². The fourth-order valence-corrected chi connectivity index (χ4v) is 20.4. The van der Waals surface area contributed by atoms with Gasteiger partial charge in [-0.1, -0.05) is 0 Å². The van der Waals surface area contributed by atoms with Gasteiger partial charge in [-0.2, -0.15) is 0 Å². The van der Waals surface area contributed by atoms with Crippen molar-refractivity contribution in [3.63, 3.8) is 0 Å². The van der Waals surface area contributed by atoms with Gasteiger partial charge in [0.25, 0.3) is 0 Å². The molecule has 192 valence electrons. The van der Waals surface area contributed by atoms with Crippen LogP contribution >= 0.6 is 14.5 Å². The molecule has 3 heteroatoms. The number of hydrogen-bond acceptors (Lipinski definition) is 0. The number of rotatable bonds is 8. The molecule has 0 saturated carbocycles. The van der Waals surface area contributed by atoms with Crippen LogP contribution in [-0.2, 0) is 0 Å². The fourth-order valence-electron chi connectivity index (χ4n) is 5.69. The van der Waals surface area contributed by atoms with Crippen LogP contribution in [-0.4, -0.2) is 19.5 Å². The molecule has 0 aliphatic carbocycles. The Bertz CT molecular complexity index is 1350. The molecule has 0 unspecified atom stereocenters. The van der Waals surface area contributed by atoms with Gasteiger partial charge in [-0.25, -0.2) is 0 Å². The van der Waals surface area contributed by atoms with Crippen molar-refractivity contribution in [3.05, 3.63) is 182 Å². The van der Waals surface area contributed by atoms with Crippen LogP contribution in [0.15, 0.2) is 182 Å². The summed E-state index contributed by atoms with van der Waals surface area (Å²) in [7, 11) is -4.70. The molecule has 0 radical (unpaired) electrons. The van der Waals surface area contributed by atoms with E-state index < -0.39 is 14.5 Å². The average molecular weight is 616 g/mol. The fraction of sp³-hybridized carbons (Fsp3) is 0. The Balaban J connectivity index is 1.82. The van der Waals surface area contributed by atoms with E-state index in [1.807, 2.05) is 0 Å². The SMILES string of the molecule is [Se]=C([P+](c1ccccc1)(c1ccccc1)c1ccccc1)[P+](c1ccccc1)(c1ccccc1)c1ccccc1. The minimum absolute atomic E-state index is 1.35. The monoisotopic (exact) mass is 616 g/mol. The quantitative estimate of drug-likeness (QED) is 0.141. The van der Waals surface area contributed by atoms with Gasteiger partial charge in [-0.15, -0.1) is 0 Å². The molecule has 0 spiro atoms. The summed E-state index contributed by atoms with van der Waals surface area (Å²) in [6.07, 6.45) is 0. The normalized spacial score (nSPS) is 11.6. The van der Waals surface area contributed by atoms with Gasteiger partial charge in [0.1, 0.15) is 0 Å². The molecule has 0 aliphatic heterocycles. The summed E-state index contributed by atoms with van der Waals surface area (Å²) >= 11 is 3.87. The average Bonchev–Trinajstić information content (AvgIpc) is 3.05. The van der Waals surface area contributed by atoms with Gasteiger partial charge in [0.05, 0.1) is 0 Å². The standard InChI is InChI=1S/C37H30P2Se/c40-37(38(31-19-7-1-8-20-31,32-21-9-2-10-22-32)33-23-11-3-12-24-33)39(34-25-13-4-14-26-34,35-27-15-5-16-28-35)36-29-17-6-18-30-36/h1-30H/q+2. The summed E-state index contributed by atoms with van der Waals surface area (Å²) in [6.45, 7) is 0. The third-order valence-electron chi connectivity index (χ3n) is 7.43. The molecule has 0 fully saturated rings. The maximum atomic E-state index is 3.87. The van der Waals surface area contributed by atoms with Crippen LogP contribution in [0, 0.1) is 0 Å². The molecule has 0 nitrogen and oxygen atoms in total. The van der Waals surface area contributed by atoms with E-state index in [0.29, 0.717) is 0 Å². The minimum atomic E-state index is -2.35. The summed E-state index contributed by atoms with van der Waals surface area (Å²) in [5, 5.41) is 8.13. The topological polar surface area (TPSA) is 0 Å². The van der Waals surface area contributed by atoms with Crippen LogP contribution in [0.2, 0.25) is 0 Å². The predicted octanol–water partition coefficient (Wildman–Crippen LogP) is 6.23. The number of hydrogen-bond donors (Lipinski definition) is 0. The van der Waals surface area contributed by atoms with Crippen molar-refractivity contribution in [2.75, 3.05) is 0 Å².